The van der Waals surface area contributed by atoms with Gasteiger partial charge < -0.3 is 14.6 Å². The highest BCUT2D eigenvalue weighted by Crippen LogP contribution is 2.37. The number of methoxy groups -OCH3 is 1. The molecule has 0 spiro atoms. The average molecular weight is 329 g/mol. The van der Waals surface area contributed by atoms with Crippen LogP contribution >= 0.6 is 0 Å². The first kappa shape index (κ1) is 16.8. The lowest BCUT2D eigenvalue weighted by atomic mass is 10.1. The number of carbonyl (C=O) groups is 1. The van der Waals surface area contributed by atoms with Crippen molar-refractivity contribution in [3.8, 4) is 17.1 Å². The molecule has 0 unspecified atom stereocenters. The van der Waals surface area contributed by atoms with Crippen molar-refractivity contribution < 1.29 is 27.2 Å². The van der Waals surface area contributed by atoms with Gasteiger partial charge in [0.1, 0.15) is 5.75 Å². The maximum absolute atomic E-state index is 12.6. The SMILES string of the molecule is CCC(=O)Nc1ccc(-c2noc(C(F)(F)F)n2)c(OC)c1C. The van der Waals surface area contributed by atoms with E-state index in [2.05, 4.69) is 20.0 Å². The normalized spacial score (nSPS) is 11.4. The van der Waals surface area contributed by atoms with Gasteiger partial charge in [-0.15, -0.1) is 0 Å². The Morgan fingerprint density at radius 1 is 1.39 bits per heavy atom. The number of benzene rings is 1. The molecule has 0 radical (unpaired) electrons. The van der Waals surface area contributed by atoms with Crippen LogP contribution in [0.15, 0.2) is 16.7 Å². The maximum Gasteiger partial charge on any atom is 0.471 e. The molecule has 0 atom stereocenters. The first-order chi connectivity index (χ1) is 10.8. The highest BCUT2D eigenvalue weighted by molar-refractivity contribution is 5.92. The van der Waals surface area contributed by atoms with Gasteiger partial charge in [0.2, 0.25) is 11.7 Å². The first-order valence-electron chi connectivity index (χ1n) is 6.66. The van der Waals surface area contributed by atoms with Crippen molar-refractivity contribution in [3.05, 3.63) is 23.6 Å². The topological polar surface area (TPSA) is 77.3 Å². The van der Waals surface area contributed by atoms with E-state index in [0.717, 1.165) is 0 Å². The van der Waals surface area contributed by atoms with Crippen LogP contribution in [-0.4, -0.2) is 23.2 Å². The van der Waals surface area contributed by atoms with E-state index < -0.39 is 12.1 Å². The second-order valence-electron chi connectivity index (χ2n) is 4.64. The summed E-state index contributed by atoms with van der Waals surface area (Å²) < 4.78 is 47.1. The summed E-state index contributed by atoms with van der Waals surface area (Å²) in [7, 11) is 1.36. The zero-order valence-electron chi connectivity index (χ0n) is 12.6. The average Bonchev–Trinajstić information content (AvgIpc) is 2.98. The van der Waals surface area contributed by atoms with Gasteiger partial charge in [0.25, 0.3) is 0 Å². The summed E-state index contributed by atoms with van der Waals surface area (Å²) in [6, 6.07) is 3.01. The summed E-state index contributed by atoms with van der Waals surface area (Å²) in [5.41, 5.74) is 1.28. The Labute approximate surface area is 129 Å². The molecular weight excluding hydrogens is 315 g/mol. The fraction of sp³-hybridized carbons (Fsp3) is 0.357. The molecule has 0 saturated heterocycles. The summed E-state index contributed by atoms with van der Waals surface area (Å²) >= 11 is 0. The molecule has 1 aromatic carbocycles. The molecule has 0 aliphatic carbocycles. The molecule has 1 heterocycles. The van der Waals surface area contributed by atoms with Crippen molar-refractivity contribution in [3.63, 3.8) is 0 Å². The van der Waals surface area contributed by atoms with Gasteiger partial charge in [0.15, 0.2) is 0 Å². The third-order valence-corrected chi connectivity index (χ3v) is 3.11. The number of nitrogens with zero attached hydrogens (tertiary/aromatic N) is 2. The van der Waals surface area contributed by atoms with E-state index in [-0.39, 0.29) is 23.0 Å². The third kappa shape index (κ3) is 3.43. The molecule has 9 heteroatoms. The van der Waals surface area contributed by atoms with Gasteiger partial charge in [0, 0.05) is 17.7 Å². The van der Waals surface area contributed by atoms with Crippen molar-refractivity contribution in [2.24, 2.45) is 0 Å². The summed E-state index contributed by atoms with van der Waals surface area (Å²) in [5, 5.41) is 6.02. The number of alkyl halides is 3. The lowest BCUT2D eigenvalue weighted by Crippen LogP contribution is -2.11. The molecule has 1 amide bonds. The van der Waals surface area contributed by atoms with Gasteiger partial charge in [-0.2, -0.15) is 18.2 Å². The summed E-state index contributed by atoms with van der Waals surface area (Å²) in [6.07, 6.45) is -4.42. The Morgan fingerprint density at radius 3 is 2.61 bits per heavy atom. The molecule has 2 rings (SSSR count). The van der Waals surface area contributed by atoms with E-state index in [0.29, 0.717) is 17.7 Å². The molecular formula is C14H14F3N3O3. The van der Waals surface area contributed by atoms with Crippen LogP contribution in [0.25, 0.3) is 11.4 Å². The Bertz CT molecular complexity index is 726. The number of rotatable bonds is 4. The zero-order chi connectivity index (χ0) is 17.2. The van der Waals surface area contributed by atoms with Gasteiger partial charge >= 0.3 is 12.1 Å². The van der Waals surface area contributed by atoms with E-state index in [9.17, 15) is 18.0 Å². The monoisotopic (exact) mass is 329 g/mol. The van der Waals surface area contributed by atoms with Crippen molar-refractivity contribution >= 4 is 11.6 Å². The van der Waals surface area contributed by atoms with E-state index in [4.69, 9.17) is 4.74 Å². The van der Waals surface area contributed by atoms with Crippen LogP contribution in [-0.2, 0) is 11.0 Å². The number of anilines is 1. The van der Waals surface area contributed by atoms with Crippen LogP contribution < -0.4 is 10.1 Å². The molecule has 0 bridgehead atoms. The van der Waals surface area contributed by atoms with E-state index in [1.807, 2.05) is 0 Å². The van der Waals surface area contributed by atoms with Gasteiger partial charge in [-0.3, -0.25) is 4.79 Å². The van der Waals surface area contributed by atoms with Crippen LogP contribution in [0.2, 0.25) is 0 Å². The Balaban J connectivity index is 2.46. The minimum absolute atomic E-state index is 0.193. The fourth-order valence-corrected chi connectivity index (χ4v) is 1.95. The summed E-state index contributed by atoms with van der Waals surface area (Å²) in [5.74, 6) is -1.61. The lowest BCUT2D eigenvalue weighted by molar-refractivity contribution is -0.159. The molecule has 1 aromatic heterocycles. The molecule has 23 heavy (non-hydrogen) atoms. The third-order valence-electron chi connectivity index (χ3n) is 3.11. The maximum atomic E-state index is 12.6. The van der Waals surface area contributed by atoms with Crippen molar-refractivity contribution in [2.45, 2.75) is 26.4 Å². The number of hydrogen-bond acceptors (Lipinski definition) is 5. The highest BCUT2D eigenvalue weighted by atomic mass is 19.4. The standard InChI is InChI=1S/C14H14F3N3O3/c1-4-10(21)18-9-6-5-8(11(22-3)7(9)2)12-19-13(23-20-12)14(15,16)17/h5-6H,4H2,1-3H3,(H,18,21). The number of amides is 1. The first-order valence-corrected chi connectivity index (χ1v) is 6.66. The molecule has 1 N–H and O–H groups in total. The number of hydrogen-bond donors (Lipinski definition) is 1. The molecule has 2 aromatic rings. The van der Waals surface area contributed by atoms with Crippen LogP contribution in [0.5, 0.6) is 5.75 Å². The van der Waals surface area contributed by atoms with Crippen molar-refractivity contribution in [1.82, 2.24) is 10.1 Å². The summed E-state index contributed by atoms with van der Waals surface area (Å²) in [6.45, 7) is 3.37. The Morgan fingerprint density at radius 2 is 2.09 bits per heavy atom. The van der Waals surface area contributed by atoms with Crippen LogP contribution in [0.4, 0.5) is 18.9 Å². The second kappa shape index (κ2) is 6.27. The molecule has 0 aliphatic heterocycles. The highest BCUT2D eigenvalue weighted by Gasteiger charge is 2.38. The molecule has 6 nitrogen and oxygen atoms in total. The fourth-order valence-electron chi connectivity index (χ4n) is 1.95. The predicted octanol–water partition coefficient (Wildman–Crippen LogP) is 3.42. The zero-order valence-corrected chi connectivity index (χ0v) is 12.6. The Kier molecular flexibility index (Phi) is 4.57. The number of nitrogens with one attached hydrogen (secondary N) is 1. The molecule has 0 saturated carbocycles. The number of halogens is 3. The molecule has 0 aliphatic rings. The van der Waals surface area contributed by atoms with Crippen molar-refractivity contribution in [2.75, 3.05) is 12.4 Å². The van der Waals surface area contributed by atoms with Crippen molar-refractivity contribution in [1.29, 1.82) is 0 Å². The van der Waals surface area contributed by atoms with Gasteiger partial charge in [0.05, 0.1) is 12.7 Å². The largest absolute Gasteiger partial charge is 0.496 e. The molecule has 0 fully saturated rings. The molecule has 124 valence electrons. The van der Waals surface area contributed by atoms with Gasteiger partial charge in [-0.25, -0.2) is 0 Å². The van der Waals surface area contributed by atoms with Crippen LogP contribution in [0, 0.1) is 6.92 Å². The van der Waals surface area contributed by atoms with Gasteiger partial charge in [-0.05, 0) is 19.1 Å². The van der Waals surface area contributed by atoms with E-state index in [1.165, 1.54) is 13.2 Å². The number of ether oxygens (including phenoxy) is 1. The predicted molar refractivity (Wildman–Crippen MR) is 74.9 cm³/mol. The minimum atomic E-state index is -4.72. The van der Waals surface area contributed by atoms with E-state index >= 15 is 0 Å². The van der Waals surface area contributed by atoms with Crippen LogP contribution in [0.3, 0.4) is 0 Å². The quantitative estimate of drug-likeness (QED) is 0.930. The lowest BCUT2D eigenvalue weighted by Gasteiger charge is -2.14. The minimum Gasteiger partial charge on any atom is -0.496 e. The van der Waals surface area contributed by atoms with E-state index in [1.54, 1.807) is 19.9 Å². The smallest absolute Gasteiger partial charge is 0.471 e. The Hall–Kier alpha value is -2.58. The van der Waals surface area contributed by atoms with Gasteiger partial charge in [-0.1, -0.05) is 12.1 Å². The second-order valence-corrected chi connectivity index (χ2v) is 4.64. The number of carbonyl (C=O) groups excluding carboxylic acids is 1. The number of aromatic nitrogens is 2. The summed E-state index contributed by atoms with van der Waals surface area (Å²) in [4.78, 5) is 14.8. The van der Waals surface area contributed by atoms with Crippen LogP contribution in [0.1, 0.15) is 24.8 Å².